The van der Waals surface area contributed by atoms with Crippen LogP contribution in [-0.2, 0) is 16.1 Å². The van der Waals surface area contributed by atoms with Crippen LogP contribution in [0.15, 0.2) is 48.5 Å². The second-order valence-corrected chi connectivity index (χ2v) is 8.58. The Balaban J connectivity index is 1.77. The molecule has 0 radical (unpaired) electrons. The zero-order valence-electron chi connectivity index (χ0n) is 20.4. The highest BCUT2D eigenvalue weighted by molar-refractivity contribution is 5.88. The van der Waals surface area contributed by atoms with Crippen LogP contribution < -0.4 is 19.5 Å². The normalized spacial score (nSPS) is 14.7. The molecule has 1 fully saturated rings. The van der Waals surface area contributed by atoms with Gasteiger partial charge >= 0.3 is 0 Å². The second kappa shape index (κ2) is 12.9. The van der Waals surface area contributed by atoms with Gasteiger partial charge in [-0.05, 0) is 49.1 Å². The van der Waals surface area contributed by atoms with Crippen LogP contribution in [0.2, 0.25) is 0 Å². The van der Waals surface area contributed by atoms with Crippen molar-refractivity contribution in [1.82, 2.24) is 10.2 Å². The van der Waals surface area contributed by atoms with Gasteiger partial charge in [0, 0.05) is 12.6 Å². The summed E-state index contributed by atoms with van der Waals surface area (Å²) in [5.41, 5.74) is 0.912. The number of methoxy groups -OCH3 is 2. The van der Waals surface area contributed by atoms with Crippen molar-refractivity contribution >= 4 is 11.8 Å². The molecule has 0 bridgehead atoms. The van der Waals surface area contributed by atoms with Gasteiger partial charge in [0.05, 0.1) is 14.2 Å². The molecule has 7 heteroatoms. The van der Waals surface area contributed by atoms with E-state index in [1.165, 1.54) is 6.42 Å². The van der Waals surface area contributed by atoms with Gasteiger partial charge in [0.25, 0.3) is 5.91 Å². The number of hydrogen-bond donors (Lipinski definition) is 1. The van der Waals surface area contributed by atoms with Gasteiger partial charge in [0.1, 0.15) is 11.8 Å². The van der Waals surface area contributed by atoms with Gasteiger partial charge in [-0.15, -0.1) is 0 Å². The van der Waals surface area contributed by atoms with E-state index in [0.717, 1.165) is 37.0 Å². The molecule has 0 spiro atoms. The Morgan fingerprint density at radius 1 is 0.971 bits per heavy atom. The first-order valence-electron chi connectivity index (χ1n) is 12.0. The number of hydrogen-bond acceptors (Lipinski definition) is 5. The molecule has 7 nitrogen and oxygen atoms in total. The molecule has 1 aliphatic rings. The number of amides is 2. The molecule has 1 saturated carbocycles. The number of nitrogens with one attached hydrogen (secondary N) is 1. The van der Waals surface area contributed by atoms with Crippen molar-refractivity contribution in [1.29, 1.82) is 0 Å². The fourth-order valence-corrected chi connectivity index (χ4v) is 4.35. The van der Waals surface area contributed by atoms with Gasteiger partial charge in [-0.25, -0.2) is 0 Å². The molecule has 184 valence electrons. The van der Waals surface area contributed by atoms with Gasteiger partial charge in [-0.3, -0.25) is 9.59 Å². The van der Waals surface area contributed by atoms with E-state index in [2.05, 4.69) is 5.32 Å². The largest absolute Gasteiger partial charge is 0.497 e. The average Bonchev–Trinajstić information content (AvgIpc) is 2.88. The van der Waals surface area contributed by atoms with Gasteiger partial charge in [0.15, 0.2) is 18.1 Å². The predicted molar refractivity (Wildman–Crippen MR) is 131 cm³/mol. The lowest BCUT2D eigenvalue weighted by atomic mass is 9.95. The third-order valence-electron chi connectivity index (χ3n) is 6.27. The van der Waals surface area contributed by atoms with Crippen LogP contribution in [0.25, 0.3) is 0 Å². The Morgan fingerprint density at radius 2 is 1.65 bits per heavy atom. The summed E-state index contributed by atoms with van der Waals surface area (Å²) >= 11 is 0. The zero-order valence-corrected chi connectivity index (χ0v) is 20.4. The van der Waals surface area contributed by atoms with E-state index in [1.807, 2.05) is 43.3 Å². The van der Waals surface area contributed by atoms with E-state index in [4.69, 9.17) is 14.2 Å². The lowest BCUT2D eigenvalue weighted by molar-refractivity contribution is -0.143. The fourth-order valence-electron chi connectivity index (χ4n) is 4.35. The van der Waals surface area contributed by atoms with Crippen molar-refractivity contribution in [2.75, 3.05) is 20.8 Å². The van der Waals surface area contributed by atoms with Gasteiger partial charge in [-0.2, -0.15) is 0 Å². The number of carbonyl (C=O) groups is 2. The number of rotatable bonds is 11. The Kier molecular flexibility index (Phi) is 9.62. The molecule has 2 aromatic rings. The molecule has 0 heterocycles. The molecule has 3 rings (SSSR count). The smallest absolute Gasteiger partial charge is 0.261 e. The summed E-state index contributed by atoms with van der Waals surface area (Å²) in [6.07, 6.45) is 5.96. The molecule has 0 aromatic heterocycles. The third-order valence-corrected chi connectivity index (χ3v) is 6.27. The first-order valence-corrected chi connectivity index (χ1v) is 12.0. The van der Waals surface area contributed by atoms with Gasteiger partial charge in [-0.1, -0.05) is 50.5 Å². The first-order chi connectivity index (χ1) is 16.5. The topological polar surface area (TPSA) is 77.1 Å². The molecular weight excluding hydrogens is 432 g/mol. The SMILES string of the molecule is CCC(C(=O)NC1CCCCC1)N(Cc1ccc(OC)cc1)C(=O)COc1ccccc1OC. The molecule has 2 amide bonds. The molecule has 34 heavy (non-hydrogen) atoms. The zero-order chi connectivity index (χ0) is 24.3. The maximum Gasteiger partial charge on any atom is 0.261 e. The molecule has 0 aliphatic heterocycles. The van der Waals surface area contributed by atoms with E-state index < -0.39 is 6.04 Å². The molecule has 2 aromatic carbocycles. The van der Waals surface area contributed by atoms with Crippen molar-refractivity contribution in [3.05, 3.63) is 54.1 Å². The summed E-state index contributed by atoms with van der Waals surface area (Å²) < 4.78 is 16.4. The first kappa shape index (κ1) is 25.4. The average molecular weight is 469 g/mol. The molecular formula is C27H36N2O5. The Bertz CT molecular complexity index is 925. The van der Waals surface area contributed by atoms with E-state index >= 15 is 0 Å². The summed E-state index contributed by atoms with van der Waals surface area (Å²) in [5.74, 6) is 1.42. The van der Waals surface area contributed by atoms with Crippen LogP contribution in [-0.4, -0.2) is 49.6 Å². The van der Waals surface area contributed by atoms with Crippen molar-refractivity contribution in [2.24, 2.45) is 0 Å². The number of ether oxygens (including phenoxy) is 3. The molecule has 0 saturated heterocycles. The lowest BCUT2D eigenvalue weighted by Gasteiger charge is -2.32. The monoisotopic (exact) mass is 468 g/mol. The minimum atomic E-state index is -0.585. The quantitative estimate of drug-likeness (QED) is 0.531. The minimum Gasteiger partial charge on any atom is -0.497 e. The maximum atomic E-state index is 13.4. The highest BCUT2D eigenvalue weighted by atomic mass is 16.5. The molecule has 1 unspecified atom stereocenters. The highest BCUT2D eigenvalue weighted by Crippen LogP contribution is 2.26. The summed E-state index contributed by atoms with van der Waals surface area (Å²) in [7, 11) is 3.17. The summed E-state index contributed by atoms with van der Waals surface area (Å²) in [4.78, 5) is 28.3. The van der Waals surface area contributed by atoms with Crippen LogP contribution in [0.5, 0.6) is 17.2 Å². The summed E-state index contributed by atoms with van der Waals surface area (Å²) in [5, 5.41) is 3.19. The second-order valence-electron chi connectivity index (χ2n) is 8.58. The van der Waals surface area contributed by atoms with Crippen LogP contribution in [0.1, 0.15) is 51.0 Å². The van der Waals surface area contributed by atoms with Gasteiger partial charge in [0.2, 0.25) is 5.91 Å². The number of nitrogens with zero attached hydrogens (tertiary/aromatic N) is 1. The molecule has 1 aliphatic carbocycles. The third kappa shape index (κ3) is 6.89. The van der Waals surface area contributed by atoms with E-state index in [0.29, 0.717) is 24.5 Å². The number of carbonyl (C=O) groups excluding carboxylic acids is 2. The van der Waals surface area contributed by atoms with E-state index in [9.17, 15) is 9.59 Å². The standard InChI is InChI=1S/C27H36N2O5/c1-4-23(27(31)28-21-10-6-5-7-11-21)29(18-20-14-16-22(32-2)17-15-20)26(30)19-34-25-13-9-8-12-24(25)33-3/h8-9,12-17,21,23H,4-7,10-11,18-19H2,1-3H3,(H,28,31). The lowest BCUT2D eigenvalue weighted by Crippen LogP contribution is -2.52. The maximum absolute atomic E-state index is 13.4. The van der Waals surface area contributed by atoms with E-state index in [1.54, 1.807) is 31.3 Å². The van der Waals surface area contributed by atoms with Crippen molar-refractivity contribution in [2.45, 2.75) is 64.1 Å². The van der Waals surface area contributed by atoms with Crippen LogP contribution in [0, 0.1) is 0 Å². The predicted octanol–water partition coefficient (Wildman–Crippen LogP) is 4.34. The minimum absolute atomic E-state index is 0.103. The van der Waals surface area contributed by atoms with E-state index in [-0.39, 0.29) is 24.5 Å². The van der Waals surface area contributed by atoms with Crippen molar-refractivity contribution < 1.29 is 23.8 Å². The van der Waals surface area contributed by atoms with Crippen molar-refractivity contribution in [3.63, 3.8) is 0 Å². The van der Waals surface area contributed by atoms with Crippen LogP contribution >= 0.6 is 0 Å². The van der Waals surface area contributed by atoms with Crippen molar-refractivity contribution in [3.8, 4) is 17.2 Å². The highest BCUT2D eigenvalue weighted by Gasteiger charge is 2.30. The number of benzene rings is 2. The Hall–Kier alpha value is -3.22. The Morgan fingerprint density at radius 3 is 2.26 bits per heavy atom. The van der Waals surface area contributed by atoms with Crippen LogP contribution in [0.4, 0.5) is 0 Å². The van der Waals surface area contributed by atoms with Gasteiger partial charge < -0.3 is 24.4 Å². The molecule has 1 N–H and O–H groups in total. The van der Waals surface area contributed by atoms with Crippen LogP contribution in [0.3, 0.4) is 0 Å². The number of para-hydroxylation sites is 2. The summed E-state index contributed by atoms with van der Waals surface area (Å²) in [6.45, 7) is 2.04. The molecule has 1 atom stereocenters. The summed E-state index contributed by atoms with van der Waals surface area (Å²) in [6, 6.07) is 14.3. The fraction of sp³-hybridized carbons (Fsp3) is 0.481. The Labute approximate surface area is 202 Å².